The minimum atomic E-state index is -0.460. The minimum Gasteiger partial charge on any atom is -0.266 e. The molecule has 28 heavy (non-hydrogen) atoms. The monoisotopic (exact) mass is 413 g/mol. The van der Waals surface area contributed by atoms with Gasteiger partial charge in [-0.1, -0.05) is 35.3 Å². The van der Waals surface area contributed by atoms with Crippen LogP contribution in [0.15, 0.2) is 40.2 Å². The SMILES string of the molecule is Cc1cc(C)n(N=Cc2c(C)nn(Cc3ccc(Cl)cc3)c2Cl)c(=O)c1C#N. The fraction of sp³-hybridized carbons (Fsp3) is 0.200. The Morgan fingerprint density at radius 1 is 1.21 bits per heavy atom. The van der Waals surface area contributed by atoms with Crippen LogP contribution < -0.4 is 5.56 Å². The Bertz CT molecular complexity index is 1170. The smallest absolute Gasteiger partial charge is 0.266 e. The van der Waals surface area contributed by atoms with E-state index >= 15 is 0 Å². The summed E-state index contributed by atoms with van der Waals surface area (Å²) in [4.78, 5) is 12.5. The van der Waals surface area contributed by atoms with Gasteiger partial charge in [0.15, 0.2) is 0 Å². The van der Waals surface area contributed by atoms with E-state index in [-0.39, 0.29) is 5.56 Å². The molecule has 0 fully saturated rings. The predicted octanol–water partition coefficient (Wildman–Crippen LogP) is 4.08. The van der Waals surface area contributed by atoms with Gasteiger partial charge in [0.2, 0.25) is 0 Å². The Kier molecular flexibility index (Phi) is 5.68. The summed E-state index contributed by atoms with van der Waals surface area (Å²) >= 11 is 12.4. The molecule has 0 aliphatic rings. The summed E-state index contributed by atoms with van der Waals surface area (Å²) in [6.45, 7) is 5.78. The van der Waals surface area contributed by atoms with Crippen LogP contribution in [0.3, 0.4) is 0 Å². The number of hydrogen-bond donors (Lipinski definition) is 0. The summed E-state index contributed by atoms with van der Waals surface area (Å²) in [5.74, 6) is 0. The van der Waals surface area contributed by atoms with Crippen molar-refractivity contribution in [1.29, 1.82) is 5.26 Å². The lowest BCUT2D eigenvalue weighted by atomic mass is 10.1. The number of pyridine rings is 1. The van der Waals surface area contributed by atoms with Crippen molar-refractivity contribution < 1.29 is 0 Å². The number of halogens is 2. The van der Waals surface area contributed by atoms with E-state index < -0.39 is 5.56 Å². The van der Waals surface area contributed by atoms with Crippen LogP contribution in [0.4, 0.5) is 0 Å². The van der Waals surface area contributed by atoms with E-state index in [4.69, 9.17) is 23.2 Å². The maximum absolute atomic E-state index is 12.5. The third kappa shape index (κ3) is 3.86. The Labute approximate surface area is 172 Å². The first kappa shape index (κ1) is 19.9. The standard InChI is InChI=1S/C20H17Cl2N5O/c1-12-8-13(2)27(20(28)17(12)9-23)24-10-18-14(3)25-26(19(18)22)11-15-4-6-16(21)7-5-15/h4-8,10H,11H2,1-3H3. The summed E-state index contributed by atoms with van der Waals surface area (Å²) < 4.78 is 2.85. The number of hydrogen-bond acceptors (Lipinski definition) is 4. The molecule has 3 rings (SSSR count). The fourth-order valence-electron chi connectivity index (χ4n) is 2.86. The molecule has 0 N–H and O–H groups in total. The lowest BCUT2D eigenvalue weighted by molar-refractivity contribution is 0.680. The molecular formula is C20H17Cl2N5O. The highest BCUT2D eigenvalue weighted by atomic mass is 35.5. The average molecular weight is 414 g/mol. The second-order valence-electron chi connectivity index (χ2n) is 6.39. The number of nitrogens with zero attached hydrogens (tertiary/aromatic N) is 5. The van der Waals surface area contributed by atoms with Crippen molar-refractivity contribution in [3.63, 3.8) is 0 Å². The van der Waals surface area contributed by atoms with E-state index in [1.807, 2.05) is 37.3 Å². The lowest BCUT2D eigenvalue weighted by Gasteiger charge is -2.06. The molecule has 0 amide bonds. The zero-order valence-corrected chi connectivity index (χ0v) is 17.1. The van der Waals surface area contributed by atoms with Crippen molar-refractivity contribution in [3.05, 3.63) is 84.5 Å². The van der Waals surface area contributed by atoms with Crippen molar-refractivity contribution in [2.24, 2.45) is 5.10 Å². The molecule has 0 saturated heterocycles. The Morgan fingerprint density at radius 2 is 1.89 bits per heavy atom. The number of aryl methyl sites for hydroxylation is 3. The van der Waals surface area contributed by atoms with Crippen molar-refractivity contribution in [1.82, 2.24) is 14.5 Å². The number of aromatic nitrogens is 3. The molecule has 0 bridgehead atoms. The second kappa shape index (κ2) is 8.01. The van der Waals surface area contributed by atoms with Crippen LogP contribution >= 0.6 is 23.2 Å². The van der Waals surface area contributed by atoms with E-state index in [0.717, 1.165) is 5.56 Å². The largest absolute Gasteiger partial charge is 0.289 e. The first-order valence-electron chi connectivity index (χ1n) is 8.47. The first-order chi connectivity index (χ1) is 13.3. The molecule has 2 aromatic heterocycles. The fourth-order valence-corrected chi connectivity index (χ4v) is 3.27. The van der Waals surface area contributed by atoms with Crippen LogP contribution in [0.2, 0.25) is 10.2 Å². The van der Waals surface area contributed by atoms with Crippen molar-refractivity contribution in [3.8, 4) is 6.07 Å². The van der Waals surface area contributed by atoms with Gasteiger partial charge in [0.1, 0.15) is 16.8 Å². The molecule has 0 saturated carbocycles. The Morgan fingerprint density at radius 3 is 2.54 bits per heavy atom. The zero-order valence-electron chi connectivity index (χ0n) is 15.6. The van der Waals surface area contributed by atoms with Gasteiger partial charge in [0, 0.05) is 10.7 Å². The summed E-state index contributed by atoms with van der Waals surface area (Å²) in [6, 6.07) is 11.1. The molecule has 0 aliphatic heterocycles. The van der Waals surface area contributed by atoms with Gasteiger partial charge in [0.25, 0.3) is 5.56 Å². The molecule has 0 unspecified atom stereocenters. The van der Waals surface area contributed by atoms with Crippen LogP contribution in [-0.2, 0) is 6.54 Å². The van der Waals surface area contributed by atoms with Crippen LogP contribution in [0.25, 0.3) is 0 Å². The minimum absolute atomic E-state index is 0.0732. The van der Waals surface area contributed by atoms with Gasteiger partial charge >= 0.3 is 0 Å². The Balaban J connectivity index is 1.96. The molecule has 142 valence electrons. The molecule has 8 heteroatoms. The molecule has 6 nitrogen and oxygen atoms in total. The van der Waals surface area contributed by atoms with Gasteiger partial charge in [-0.05, 0) is 50.1 Å². The van der Waals surface area contributed by atoms with Crippen molar-refractivity contribution in [2.45, 2.75) is 27.3 Å². The molecule has 0 atom stereocenters. The van der Waals surface area contributed by atoms with Gasteiger partial charge in [-0.3, -0.25) is 4.79 Å². The van der Waals surface area contributed by atoms with E-state index in [0.29, 0.717) is 39.2 Å². The summed E-state index contributed by atoms with van der Waals surface area (Å²) in [7, 11) is 0. The zero-order chi connectivity index (χ0) is 20.4. The topological polar surface area (TPSA) is 76.0 Å². The van der Waals surface area contributed by atoms with Gasteiger partial charge in [-0.15, -0.1) is 0 Å². The molecule has 0 aliphatic carbocycles. The van der Waals surface area contributed by atoms with Gasteiger partial charge in [0.05, 0.1) is 24.0 Å². The highest BCUT2D eigenvalue weighted by molar-refractivity contribution is 6.32. The highest BCUT2D eigenvalue weighted by Gasteiger charge is 2.13. The van der Waals surface area contributed by atoms with Gasteiger partial charge in [-0.25, -0.2) is 9.36 Å². The predicted molar refractivity (Wildman–Crippen MR) is 110 cm³/mol. The highest BCUT2D eigenvalue weighted by Crippen LogP contribution is 2.20. The number of rotatable bonds is 4. The van der Waals surface area contributed by atoms with Crippen LogP contribution in [-0.4, -0.2) is 20.7 Å². The van der Waals surface area contributed by atoms with Gasteiger partial charge in [-0.2, -0.15) is 15.5 Å². The Hall–Kier alpha value is -2.88. The molecule has 0 radical (unpaired) electrons. The quantitative estimate of drug-likeness (QED) is 0.604. The van der Waals surface area contributed by atoms with Crippen LogP contribution in [0.5, 0.6) is 0 Å². The number of nitriles is 1. The average Bonchev–Trinajstić information content (AvgIpc) is 2.90. The summed E-state index contributed by atoms with van der Waals surface area (Å²) in [5, 5.41) is 19.0. The molecule has 0 spiro atoms. The van der Waals surface area contributed by atoms with E-state index in [2.05, 4.69) is 10.2 Å². The van der Waals surface area contributed by atoms with Crippen molar-refractivity contribution in [2.75, 3.05) is 0 Å². The maximum Gasteiger partial charge on any atom is 0.289 e. The number of benzene rings is 1. The normalized spacial score (nSPS) is 11.1. The van der Waals surface area contributed by atoms with Crippen LogP contribution in [0.1, 0.15) is 33.6 Å². The van der Waals surface area contributed by atoms with Gasteiger partial charge < -0.3 is 0 Å². The van der Waals surface area contributed by atoms with E-state index in [9.17, 15) is 10.1 Å². The van der Waals surface area contributed by atoms with Crippen molar-refractivity contribution >= 4 is 29.4 Å². The maximum atomic E-state index is 12.5. The molecule has 1 aromatic carbocycles. The first-order valence-corrected chi connectivity index (χ1v) is 9.22. The second-order valence-corrected chi connectivity index (χ2v) is 7.19. The lowest BCUT2D eigenvalue weighted by Crippen LogP contribution is -2.22. The molecule has 2 heterocycles. The van der Waals surface area contributed by atoms with Crippen LogP contribution in [0, 0.1) is 32.1 Å². The third-order valence-electron chi connectivity index (χ3n) is 4.33. The third-order valence-corrected chi connectivity index (χ3v) is 4.98. The molecular weight excluding hydrogens is 397 g/mol. The van der Waals surface area contributed by atoms with E-state index in [1.165, 1.54) is 10.9 Å². The molecule has 3 aromatic rings. The van der Waals surface area contributed by atoms with E-state index in [1.54, 1.807) is 24.6 Å². The summed E-state index contributed by atoms with van der Waals surface area (Å²) in [6.07, 6.45) is 1.49. The summed E-state index contributed by atoms with van der Waals surface area (Å²) in [5.41, 5.74) is 3.16.